The summed E-state index contributed by atoms with van der Waals surface area (Å²) in [6, 6.07) is 16.3. The Morgan fingerprint density at radius 3 is 2.39 bits per heavy atom. The number of amides is 1. The number of Topliss-reactive ketones (excluding diaryl/α,β-unsaturated/α-hetero) is 1. The van der Waals surface area contributed by atoms with Gasteiger partial charge in [0.15, 0.2) is 11.5 Å². The first kappa shape index (κ1) is 22.0. The number of ether oxygens (including phenoxy) is 3. The van der Waals surface area contributed by atoms with Gasteiger partial charge in [-0.1, -0.05) is 12.1 Å². The Labute approximate surface area is 190 Å². The largest absolute Gasteiger partial charge is 0.503 e. The Morgan fingerprint density at radius 2 is 1.73 bits per heavy atom. The van der Waals surface area contributed by atoms with Gasteiger partial charge < -0.3 is 28.6 Å². The minimum absolute atomic E-state index is 0.0357. The molecule has 0 bridgehead atoms. The molecule has 3 aromatic rings. The van der Waals surface area contributed by atoms with E-state index in [0.29, 0.717) is 22.8 Å². The number of methoxy groups -OCH3 is 2. The summed E-state index contributed by atoms with van der Waals surface area (Å²) in [5.74, 6) is 0.0796. The number of furan rings is 1. The van der Waals surface area contributed by atoms with Gasteiger partial charge in [0.05, 0.1) is 38.6 Å². The lowest BCUT2D eigenvalue weighted by atomic mass is 9.95. The number of carbonyl (C=O) groups excluding carboxylic acids is 2. The van der Waals surface area contributed by atoms with E-state index in [4.69, 9.17) is 18.6 Å². The quantitative estimate of drug-likeness (QED) is 0.494. The van der Waals surface area contributed by atoms with Gasteiger partial charge in [-0.15, -0.1) is 0 Å². The van der Waals surface area contributed by atoms with Gasteiger partial charge in [-0.3, -0.25) is 9.59 Å². The predicted octanol–water partition coefficient (Wildman–Crippen LogP) is 3.95. The van der Waals surface area contributed by atoms with Crippen molar-refractivity contribution in [1.82, 2.24) is 4.90 Å². The fourth-order valence-electron chi connectivity index (χ4n) is 3.75. The van der Waals surface area contributed by atoms with Crippen LogP contribution in [0.15, 0.2) is 82.7 Å². The van der Waals surface area contributed by atoms with Crippen LogP contribution < -0.4 is 14.2 Å². The fourth-order valence-corrected chi connectivity index (χ4v) is 3.75. The van der Waals surface area contributed by atoms with Crippen molar-refractivity contribution < 1.29 is 33.3 Å². The number of aliphatic hydroxyl groups excluding tert-OH is 1. The van der Waals surface area contributed by atoms with E-state index in [1.165, 1.54) is 24.3 Å². The van der Waals surface area contributed by atoms with Crippen LogP contribution in [0.1, 0.15) is 22.2 Å². The van der Waals surface area contributed by atoms with Gasteiger partial charge in [0.25, 0.3) is 5.91 Å². The summed E-state index contributed by atoms with van der Waals surface area (Å²) in [5.41, 5.74) is 0.568. The standard InChI is InChI=1S/C25H23NO7/c1-30-17-8-10-18(11-9-17)32-14-12-26-22(16-5-3-6-19(15-16)31-2)21(24(28)25(26)29)23(27)20-7-4-13-33-20/h3-11,13,15,22,28H,12,14H2,1-2H3. The molecule has 8 nitrogen and oxygen atoms in total. The predicted molar refractivity (Wildman–Crippen MR) is 119 cm³/mol. The molecular weight excluding hydrogens is 426 g/mol. The first-order valence-corrected chi connectivity index (χ1v) is 10.3. The van der Waals surface area contributed by atoms with E-state index in [-0.39, 0.29) is 24.5 Å². The minimum Gasteiger partial charge on any atom is -0.503 e. The molecule has 0 radical (unpaired) electrons. The van der Waals surface area contributed by atoms with E-state index in [9.17, 15) is 14.7 Å². The zero-order chi connectivity index (χ0) is 23.4. The minimum atomic E-state index is -0.829. The topological polar surface area (TPSA) is 98.4 Å². The first-order chi connectivity index (χ1) is 16.0. The Bertz CT molecular complexity index is 1170. The number of nitrogens with zero attached hydrogens (tertiary/aromatic N) is 1. The van der Waals surface area contributed by atoms with Crippen molar-refractivity contribution in [3.63, 3.8) is 0 Å². The summed E-state index contributed by atoms with van der Waals surface area (Å²) in [4.78, 5) is 27.5. The van der Waals surface area contributed by atoms with Crippen LogP contribution in [0.2, 0.25) is 0 Å². The molecule has 0 saturated heterocycles. The van der Waals surface area contributed by atoms with Crippen LogP contribution in [-0.4, -0.2) is 49.1 Å². The van der Waals surface area contributed by atoms with Crippen LogP contribution in [0, 0.1) is 0 Å². The maximum Gasteiger partial charge on any atom is 0.290 e. The molecule has 8 heteroatoms. The molecule has 0 aliphatic carbocycles. The average Bonchev–Trinajstić information content (AvgIpc) is 3.47. The third kappa shape index (κ3) is 4.41. The molecule has 0 saturated carbocycles. The average molecular weight is 449 g/mol. The Hall–Kier alpha value is -4.20. The normalized spacial score (nSPS) is 15.6. The van der Waals surface area contributed by atoms with Gasteiger partial charge in [0.1, 0.15) is 23.9 Å². The van der Waals surface area contributed by atoms with Crippen LogP contribution in [0.5, 0.6) is 17.2 Å². The molecular formula is C25H23NO7. The highest BCUT2D eigenvalue weighted by atomic mass is 16.5. The van der Waals surface area contributed by atoms with E-state index in [1.54, 1.807) is 61.7 Å². The van der Waals surface area contributed by atoms with Crippen molar-refractivity contribution in [2.24, 2.45) is 0 Å². The van der Waals surface area contributed by atoms with E-state index in [1.807, 2.05) is 0 Å². The molecule has 2 heterocycles. The summed E-state index contributed by atoms with van der Waals surface area (Å²) in [6.07, 6.45) is 1.36. The number of rotatable bonds is 9. The molecule has 0 fully saturated rings. The van der Waals surface area contributed by atoms with Crippen molar-refractivity contribution in [2.45, 2.75) is 6.04 Å². The Morgan fingerprint density at radius 1 is 1.00 bits per heavy atom. The zero-order valence-corrected chi connectivity index (χ0v) is 18.2. The summed E-state index contributed by atoms with van der Waals surface area (Å²) in [5, 5.41) is 10.7. The third-order valence-corrected chi connectivity index (χ3v) is 5.36. The zero-order valence-electron chi connectivity index (χ0n) is 18.2. The lowest BCUT2D eigenvalue weighted by molar-refractivity contribution is -0.129. The highest BCUT2D eigenvalue weighted by Gasteiger charge is 2.44. The van der Waals surface area contributed by atoms with Gasteiger partial charge in [-0.05, 0) is 54.1 Å². The van der Waals surface area contributed by atoms with Gasteiger partial charge >= 0.3 is 0 Å². The van der Waals surface area contributed by atoms with E-state index >= 15 is 0 Å². The number of benzene rings is 2. The molecule has 2 aromatic carbocycles. The third-order valence-electron chi connectivity index (χ3n) is 5.36. The van der Waals surface area contributed by atoms with Crippen LogP contribution in [0.25, 0.3) is 0 Å². The fraction of sp³-hybridized carbons (Fsp3) is 0.200. The molecule has 1 aromatic heterocycles. The van der Waals surface area contributed by atoms with Crippen molar-refractivity contribution in [1.29, 1.82) is 0 Å². The van der Waals surface area contributed by atoms with Crippen LogP contribution >= 0.6 is 0 Å². The van der Waals surface area contributed by atoms with E-state index in [0.717, 1.165) is 0 Å². The second-order valence-corrected chi connectivity index (χ2v) is 7.27. The molecule has 1 amide bonds. The van der Waals surface area contributed by atoms with E-state index in [2.05, 4.69) is 0 Å². The van der Waals surface area contributed by atoms with Crippen LogP contribution in [0.3, 0.4) is 0 Å². The molecule has 1 aliphatic rings. The summed E-state index contributed by atoms with van der Waals surface area (Å²) in [7, 11) is 3.11. The van der Waals surface area contributed by atoms with Crippen LogP contribution in [0.4, 0.5) is 0 Å². The Balaban J connectivity index is 1.61. The van der Waals surface area contributed by atoms with Gasteiger partial charge in [-0.2, -0.15) is 0 Å². The molecule has 1 N–H and O–H groups in total. The van der Waals surface area contributed by atoms with Crippen molar-refractivity contribution >= 4 is 11.7 Å². The summed E-state index contributed by atoms with van der Waals surface area (Å²) in [6.45, 7) is 0.278. The van der Waals surface area contributed by atoms with Crippen molar-refractivity contribution in [3.05, 3.63) is 89.6 Å². The lowest BCUT2D eigenvalue weighted by Gasteiger charge is -2.27. The van der Waals surface area contributed by atoms with Gasteiger partial charge in [-0.25, -0.2) is 0 Å². The van der Waals surface area contributed by atoms with Gasteiger partial charge in [0.2, 0.25) is 5.78 Å². The summed E-state index contributed by atoms with van der Waals surface area (Å²) < 4.78 is 21.4. The molecule has 1 unspecified atom stereocenters. The SMILES string of the molecule is COc1ccc(OCCN2C(=O)C(O)=C(C(=O)c3ccco3)C2c2cccc(OC)c2)cc1. The Kier molecular flexibility index (Phi) is 6.35. The lowest BCUT2D eigenvalue weighted by Crippen LogP contribution is -2.34. The monoisotopic (exact) mass is 449 g/mol. The summed E-state index contributed by atoms with van der Waals surface area (Å²) >= 11 is 0. The highest BCUT2D eigenvalue weighted by molar-refractivity contribution is 6.15. The van der Waals surface area contributed by atoms with Crippen molar-refractivity contribution in [2.75, 3.05) is 27.4 Å². The highest BCUT2D eigenvalue weighted by Crippen LogP contribution is 2.39. The molecule has 4 rings (SSSR count). The molecule has 170 valence electrons. The first-order valence-electron chi connectivity index (χ1n) is 10.3. The van der Waals surface area contributed by atoms with Crippen LogP contribution in [-0.2, 0) is 4.79 Å². The number of ketones is 1. The smallest absolute Gasteiger partial charge is 0.290 e. The van der Waals surface area contributed by atoms with E-state index < -0.39 is 23.5 Å². The second kappa shape index (κ2) is 9.52. The second-order valence-electron chi connectivity index (χ2n) is 7.27. The molecule has 33 heavy (non-hydrogen) atoms. The van der Waals surface area contributed by atoms with Gasteiger partial charge in [0, 0.05) is 0 Å². The number of aliphatic hydroxyl groups is 1. The number of hydrogen-bond donors (Lipinski definition) is 1. The molecule has 0 spiro atoms. The molecule has 1 aliphatic heterocycles. The number of hydrogen-bond acceptors (Lipinski definition) is 7. The maximum absolute atomic E-state index is 13.1. The van der Waals surface area contributed by atoms with Crippen molar-refractivity contribution in [3.8, 4) is 17.2 Å². The molecule has 1 atom stereocenters. The maximum atomic E-state index is 13.1. The number of carbonyl (C=O) groups is 2.